The Bertz CT molecular complexity index is 134. The van der Waals surface area contributed by atoms with E-state index in [9.17, 15) is 4.79 Å². The van der Waals surface area contributed by atoms with E-state index >= 15 is 0 Å². The summed E-state index contributed by atoms with van der Waals surface area (Å²) in [6.45, 7) is 4.99. The molecule has 0 bridgehead atoms. The standard InChI is InChI=1S/C6H11NO2.ClH/c1-3-4-6(2,7)5(8)9;/h3H,1,4,7H2,2H3,(H,8,9);1H. The van der Waals surface area contributed by atoms with Crippen LogP contribution in [0.2, 0.25) is 0 Å². The number of rotatable bonds is 3. The number of halogens is 1. The number of hydrogen-bond acceptors (Lipinski definition) is 1. The fraction of sp³-hybridized carbons (Fsp3) is 0.500. The first-order chi connectivity index (χ1) is 4.00. The summed E-state index contributed by atoms with van der Waals surface area (Å²) in [5, 5.41) is 8.46. The molecular weight excluding hydrogens is 154 g/mol. The Morgan fingerprint density at radius 2 is 2.30 bits per heavy atom. The second kappa shape index (κ2) is 4.30. The van der Waals surface area contributed by atoms with Crippen molar-refractivity contribution in [2.75, 3.05) is 0 Å². The number of quaternary nitrogens is 1. The summed E-state index contributed by atoms with van der Waals surface area (Å²) >= 11 is 0. The molecule has 3 nitrogen and oxygen atoms in total. The van der Waals surface area contributed by atoms with Gasteiger partial charge in [0.05, 0.1) is 0 Å². The van der Waals surface area contributed by atoms with E-state index in [-0.39, 0.29) is 12.4 Å². The molecule has 0 radical (unpaired) electrons. The highest BCUT2D eigenvalue weighted by Gasteiger charge is 2.30. The zero-order chi connectivity index (χ0) is 7.49. The normalized spacial score (nSPS) is 14.6. The van der Waals surface area contributed by atoms with Crippen molar-refractivity contribution in [2.24, 2.45) is 0 Å². The van der Waals surface area contributed by atoms with E-state index in [2.05, 4.69) is 12.3 Å². The number of hydrogen-bond donors (Lipinski definition) is 2. The number of carbonyl (C=O) groups is 1. The zero-order valence-corrected chi connectivity index (χ0v) is 6.69. The molecule has 0 aliphatic carbocycles. The van der Waals surface area contributed by atoms with Crippen LogP contribution in [0.15, 0.2) is 12.7 Å². The average molecular weight is 166 g/mol. The summed E-state index contributed by atoms with van der Waals surface area (Å²) in [6, 6.07) is 0. The first-order valence-corrected chi connectivity index (χ1v) is 2.70. The lowest BCUT2D eigenvalue weighted by Gasteiger charge is -2.11. The second-order valence-corrected chi connectivity index (χ2v) is 2.36. The minimum Gasteiger partial charge on any atom is -1.00 e. The fourth-order valence-corrected chi connectivity index (χ4v) is 0.406. The molecule has 1 atom stereocenters. The molecular formula is C6H12ClNO2. The SMILES string of the molecule is C=CCC(C)([NH3+])C(=O)O.[Cl-]. The van der Waals surface area contributed by atoms with Crippen molar-refractivity contribution in [3.05, 3.63) is 12.7 Å². The van der Waals surface area contributed by atoms with Gasteiger partial charge in [-0.2, -0.15) is 0 Å². The van der Waals surface area contributed by atoms with E-state index < -0.39 is 11.5 Å². The van der Waals surface area contributed by atoms with Gasteiger partial charge < -0.3 is 23.2 Å². The van der Waals surface area contributed by atoms with Crippen molar-refractivity contribution in [1.82, 2.24) is 0 Å². The number of carboxylic acid groups (broad SMARTS) is 1. The van der Waals surface area contributed by atoms with E-state index in [0.29, 0.717) is 6.42 Å². The van der Waals surface area contributed by atoms with Crippen molar-refractivity contribution < 1.29 is 28.0 Å². The fourth-order valence-electron chi connectivity index (χ4n) is 0.406. The van der Waals surface area contributed by atoms with Crippen molar-refractivity contribution in [2.45, 2.75) is 18.9 Å². The van der Waals surface area contributed by atoms with Gasteiger partial charge in [-0.05, 0) is 0 Å². The summed E-state index contributed by atoms with van der Waals surface area (Å²) in [5.41, 5.74) is 2.59. The molecule has 0 spiro atoms. The maximum Gasteiger partial charge on any atom is 0.365 e. The highest BCUT2D eigenvalue weighted by atomic mass is 35.5. The van der Waals surface area contributed by atoms with Crippen LogP contribution < -0.4 is 18.1 Å². The summed E-state index contributed by atoms with van der Waals surface area (Å²) in [6.07, 6.45) is 1.96. The quantitative estimate of drug-likeness (QED) is 0.430. The third-order valence-corrected chi connectivity index (χ3v) is 1.11. The maximum absolute atomic E-state index is 10.3. The van der Waals surface area contributed by atoms with Gasteiger partial charge in [0.25, 0.3) is 0 Å². The molecule has 0 saturated heterocycles. The Morgan fingerprint density at radius 3 is 2.40 bits per heavy atom. The molecule has 0 aromatic heterocycles. The molecule has 10 heavy (non-hydrogen) atoms. The lowest BCUT2D eigenvalue weighted by molar-refractivity contribution is -0.455. The van der Waals surface area contributed by atoms with Crippen LogP contribution in [0.5, 0.6) is 0 Å². The van der Waals surface area contributed by atoms with Gasteiger partial charge in [0.1, 0.15) is 0 Å². The molecule has 0 aliphatic heterocycles. The van der Waals surface area contributed by atoms with Crippen LogP contribution in [0.1, 0.15) is 13.3 Å². The first kappa shape index (κ1) is 12.2. The Morgan fingerprint density at radius 1 is 1.90 bits per heavy atom. The molecule has 0 rings (SSSR count). The van der Waals surface area contributed by atoms with Gasteiger partial charge in [-0.1, -0.05) is 6.08 Å². The van der Waals surface area contributed by atoms with E-state index in [1.165, 1.54) is 0 Å². The van der Waals surface area contributed by atoms with Crippen LogP contribution in [0.4, 0.5) is 0 Å². The molecule has 0 aromatic rings. The van der Waals surface area contributed by atoms with Crippen LogP contribution >= 0.6 is 0 Å². The topological polar surface area (TPSA) is 64.9 Å². The van der Waals surface area contributed by atoms with Crippen molar-refractivity contribution in [3.63, 3.8) is 0 Å². The number of aliphatic carboxylic acids is 1. The smallest absolute Gasteiger partial charge is 0.365 e. The monoisotopic (exact) mass is 165 g/mol. The summed E-state index contributed by atoms with van der Waals surface area (Å²) in [5.74, 6) is -0.887. The Labute approximate surface area is 66.3 Å². The summed E-state index contributed by atoms with van der Waals surface area (Å²) < 4.78 is 0. The molecule has 0 aliphatic rings. The van der Waals surface area contributed by atoms with Crippen molar-refractivity contribution in [1.29, 1.82) is 0 Å². The molecule has 4 heteroatoms. The molecule has 60 valence electrons. The average Bonchev–Trinajstić information content (AvgIpc) is 1.65. The van der Waals surface area contributed by atoms with Gasteiger partial charge in [0.2, 0.25) is 0 Å². The molecule has 1 unspecified atom stereocenters. The Hall–Kier alpha value is -0.540. The highest BCUT2D eigenvalue weighted by Crippen LogP contribution is 2.01. The molecule has 4 N–H and O–H groups in total. The molecule has 0 aromatic carbocycles. The molecule has 0 heterocycles. The molecule has 0 saturated carbocycles. The summed E-state index contributed by atoms with van der Waals surface area (Å²) in [7, 11) is 0. The van der Waals surface area contributed by atoms with Crippen LogP contribution in [0.25, 0.3) is 0 Å². The lowest BCUT2D eigenvalue weighted by atomic mass is 10.0. The van der Waals surface area contributed by atoms with Gasteiger partial charge in [-0.25, -0.2) is 4.79 Å². The van der Waals surface area contributed by atoms with Crippen LogP contribution in [0, 0.1) is 0 Å². The van der Waals surface area contributed by atoms with E-state index in [4.69, 9.17) is 5.11 Å². The van der Waals surface area contributed by atoms with Crippen LogP contribution in [-0.2, 0) is 4.79 Å². The maximum atomic E-state index is 10.3. The van der Waals surface area contributed by atoms with E-state index in [1.807, 2.05) is 0 Å². The predicted molar refractivity (Wildman–Crippen MR) is 33.7 cm³/mol. The predicted octanol–water partition coefficient (Wildman–Crippen LogP) is -3.35. The minimum atomic E-state index is -0.901. The molecule has 0 fully saturated rings. The molecule has 0 amide bonds. The summed E-state index contributed by atoms with van der Waals surface area (Å²) in [4.78, 5) is 10.3. The second-order valence-electron chi connectivity index (χ2n) is 2.36. The Kier molecular flexibility index (Phi) is 5.24. The lowest BCUT2D eigenvalue weighted by Crippen LogP contribution is -3.00. The highest BCUT2D eigenvalue weighted by molar-refractivity contribution is 5.76. The van der Waals surface area contributed by atoms with Gasteiger partial charge in [-0.3, -0.25) is 0 Å². The van der Waals surface area contributed by atoms with Gasteiger partial charge in [-0.15, -0.1) is 6.58 Å². The van der Waals surface area contributed by atoms with E-state index in [0.717, 1.165) is 0 Å². The minimum absolute atomic E-state index is 0. The Balaban J connectivity index is 0. The first-order valence-electron chi connectivity index (χ1n) is 2.70. The van der Waals surface area contributed by atoms with Crippen molar-refractivity contribution in [3.8, 4) is 0 Å². The van der Waals surface area contributed by atoms with Gasteiger partial charge in [0.15, 0.2) is 5.54 Å². The van der Waals surface area contributed by atoms with Crippen LogP contribution in [0.3, 0.4) is 0 Å². The number of carboxylic acids is 1. The van der Waals surface area contributed by atoms with Crippen LogP contribution in [-0.4, -0.2) is 16.6 Å². The third-order valence-electron chi connectivity index (χ3n) is 1.11. The van der Waals surface area contributed by atoms with Gasteiger partial charge >= 0.3 is 5.97 Å². The van der Waals surface area contributed by atoms with Crippen molar-refractivity contribution >= 4 is 5.97 Å². The van der Waals surface area contributed by atoms with Gasteiger partial charge in [0, 0.05) is 13.3 Å². The zero-order valence-electron chi connectivity index (χ0n) is 5.93. The van der Waals surface area contributed by atoms with E-state index in [1.54, 1.807) is 13.0 Å². The largest absolute Gasteiger partial charge is 1.00 e. The third kappa shape index (κ3) is 3.48.